The van der Waals surface area contributed by atoms with Crippen molar-refractivity contribution in [3.05, 3.63) is 132 Å². The average molecular weight is 807 g/mol. The number of aromatic amines is 2. The summed E-state index contributed by atoms with van der Waals surface area (Å²) >= 11 is 0. The van der Waals surface area contributed by atoms with Gasteiger partial charge >= 0.3 is 6.09 Å². The number of nitrogens with one attached hydrogen (secondary N) is 3. The molecular formula is C46H50N10O4. The second-order valence-corrected chi connectivity index (χ2v) is 15.4. The van der Waals surface area contributed by atoms with Crippen molar-refractivity contribution in [2.24, 2.45) is 0 Å². The third-order valence-electron chi connectivity index (χ3n) is 11.6. The molecule has 2 aliphatic rings. The number of carbonyl (C=O) groups is 3. The highest BCUT2D eigenvalue weighted by molar-refractivity contribution is 5.85. The molecule has 4 atom stereocenters. The maximum absolute atomic E-state index is 14.3. The summed E-state index contributed by atoms with van der Waals surface area (Å²) < 4.78 is 5.47. The molecule has 6 aromatic rings. The van der Waals surface area contributed by atoms with Crippen LogP contribution in [0.15, 0.2) is 110 Å². The number of hydrogen-bond acceptors (Lipinski definition) is 9. The van der Waals surface area contributed by atoms with E-state index in [0.717, 1.165) is 78.2 Å². The molecule has 0 unspecified atom stereocenters. The number of alkyl carbamates (subject to hydrolysis) is 1. The van der Waals surface area contributed by atoms with E-state index in [1.165, 1.54) is 18.4 Å². The predicted molar refractivity (Wildman–Crippen MR) is 227 cm³/mol. The van der Waals surface area contributed by atoms with Crippen LogP contribution in [0.3, 0.4) is 0 Å². The summed E-state index contributed by atoms with van der Waals surface area (Å²) in [5.74, 6) is 1.70. The maximum atomic E-state index is 14.3. The van der Waals surface area contributed by atoms with E-state index in [4.69, 9.17) is 9.72 Å². The Kier molecular flexibility index (Phi) is 12.1. The number of nitrogens with zero attached hydrogens (tertiary/aromatic N) is 7. The van der Waals surface area contributed by atoms with Gasteiger partial charge in [0, 0.05) is 49.7 Å². The van der Waals surface area contributed by atoms with E-state index in [1.54, 1.807) is 56.1 Å². The Morgan fingerprint density at radius 1 is 0.733 bits per heavy atom. The van der Waals surface area contributed by atoms with Crippen molar-refractivity contribution >= 4 is 17.9 Å². The number of likely N-dealkylation sites (tertiary alicyclic amines) is 2. The third-order valence-corrected chi connectivity index (χ3v) is 11.6. The molecule has 8 rings (SSSR count). The molecule has 3 amide bonds. The molecule has 3 N–H and O–H groups in total. The van der Waals surface area contributed by atoms with Crippen LogP contribution in [0.25, 0.3) is 33.9 Å². The zero-order valence-corrected chi connectivity index (χ0v) is 34.1. The number of hydrogen-bond donors (Lipinski definition) is 3. The molecule has 0 bridgehead atoms. The van der Waals surface area contributed by atoms with Crippen molar-refractivity contribution in [1.82, 2.24) is 49.9 Å². The van der Waals surface area contributed by atoms with Crippen LogP contribution in [-0.4, -0.2) is 96.2 Å². The van der Waals surface area contributed by atoms with Gasteiger partial charge in [0.05, 0.1) is 35.9 Å². The molecule has 60 heavy (non-hydrogen) atoms. The van der Waals surface area contributed by atoms with Gasteiger partial charge < -0.3 is 29.8 Å². The largest absolute Gasteiger partial charge is 0.431 e. The van der Waals surface area contributed by atoms with Gasteiger partial charge in [-0.25, -0.2) is 24.7 Å². The van der Waals surface area contributed by atoms with E-state index in [0.29, 0.717) is 23.8 Å². The highest BCUT2D eigenvalue weighted by atomic mass is 16.6. The molecule has 0 saturated carbocycles. The number of ether oxygens (including phenoxy) is 1. The first kappa shape index (κ1) is 40.1. The van der Waals surface area contributed by atoms with Crippen LogP contribution >= 0.6 is 0 Å². The van der Waals surface area contributed by atoms with Gasteiger partial charge in [-0.05, 0) is 56.8 Å². The summed E-state index contributed by atoms with van der Waals surface area (Å²) in [7, 11) is 3.11. The van der Waals surface area contributed by atoms with Gasteiger partial charge in [0.1, 0.15) is 17.7 Å². The van der Waals surface area contributed by atoms with Crippen LogP contribution in [0.1, 0.15) is 86.0 Å². The summed E-state index contributed by atoms with van der Waals surface area (Å²) in [6.45, 7) is 4.43. The van der Waals surface area contributed by atoms with E-state index < -0.39 is 18.2 Å². The van der Waals surface area contributed by atoms with Crippen LogP contribution < -0.4 is 5.32 Å². The van der Waals surface area contributed by atoms with E-state index >= 15 is 0 Å². The van der Waals surface area contributed by atoms with Gasteiger partial charge in [0.2, 0.25) is 12.0 Å². The lowest BCUT2D eigenvalue weighted by atomic mass is 10.00. The first-order valence-corrected chi connectivity index (χ1v) is 20.6. The summed E-state index contributed by atoms with van der Waals surface area (Å²) in [4.78, 5) is 71.5. The van der Waals surface area contributed by atoms with Gasteiger partial charge in [0.25, 0.3) is 5.91 Å². The van der Waals surface area contributed by atoms with Crippen molar-refractivity contribution in [2.75, 3.05) is 33.7 Å². The van der Waals surface area contributed by atoms with E-state index in [9.17, 15) is 14.4 Å². The van der Waals surface area contributed by atoms with Crippen molar-refractivity contribution in [3.8, 4) is 33.9 Å². The van der Waals surface area contributed by atoms with E-state index in [2.05, 4.69) is 47.3 Å². The van der Waals surface area contributed by atoms with Crippen molar-refractivity contribution in [1.29, 1.82) is 0 Å². The molecule has 3 aromatic heterocycles. The fourth-order valence-electron chi connectivity index (χ4n) is 8.17. The van der Waals surface area contributed by atoms with Gasteiger partial charge in [-0.1, -0.05) is 91.3 Å². The number of imidazole rings is 2. The fourth-order valence-corrected chi connectivity index (χ4v) is 8.17. The van der Waals surface area contributed by atoms with Crippen LogP contribution in [0, 0.1) is 0 Å². The molecule has 5 heterocycles. The Morgan fingerprint density at radius 3 is 2.05 bits per heavy atom. The maximum Gasteiger partial charge on any atom is 0.408 e. The molecule has 14 heteroatoms. The number of benzene rings is 3. The second kappa shape index (κ2) is 18.1. The molecular weight excluding hydrogens is 757 g/mol. The monoisotopic (exact) mass is 806 g/mol. The Bertz CT molecular complexity index is 2380. The highest BCUT2D eigenvalue weighted by Gasteiger charge is 2.39. The molecule has 3 aromatic carbocycles. The quantitative estimate of drug-likeness (QED) is 0.114. The molecule has 2 aliphatic heterocycles. The van der Waals surface area contributed by atoms with Gasteiger partial charge in [-0.15, -0.1) is 0 Å². The fraction of sp³-hybridized carbons (Fsp3) is 0.326. The number of rotatable bonds is 12. The topological polar surface area (TPSA) is 165 Å². The zero-order valence-electron chi connectivity index (χ0n) is 34.1. The molecule has 308 valence electrons. The predicted octanol–water partition coefficient (Wildman–Crippen LogP) is 7.43. The molecule has 0 spiro atoms. The zero-order chi connectivity index (χ0) is 41.6. The standard InChI is InChI=1S/C46H50N10O4/c1-30(54(3)45(58)40(60-46(59)47-2)33-16-9-5-10-17-33)41-50-28-36(52-41)31-19-21-34(22-20-31)42-48-26-35(27-49-42)37-29-51-43(53-37)38-18-13-25-56(38)44(57)39(32-14-7-4-8-15-32)55-23-11-6-12-24-55/h4-5,7-10,14-17,19-22,26-30,38-40H,6,11-13,18,23-25H2,1-3H3,(H,47,59)(H,50,52)(H,51,53)/t30-,38-,39+,40+/m0/s1. The summed E-state index contributed by atoms with van der Waals surface area (Å²) in [5, 5.41) is 2.42. The second-order valence-electron chi connectivity index (χ2n) is 15.4. The minimum Gasteiger partial charge on any atom is -0.431 e. The number of carbonyl (C=O) groups excluding carboxylic acids is 3. The Hall–Kier alpha value is -6.67. The first-order chi connectivity index (χ1) is 29.3. The van der Waals surface area contributed by atoms with Crippen LogP contribution in [-0.2, 0) is 14.3 Å². The number of piperidine rings is 1. The van der Waals surface area contributed by atoms with Crippen molar-refractivity contribution in [3.63, 3.8) is 0 Å². The lowest BCUT2D eigenvalue weighted by Crippen LogP contribution is -2.44. The number of aromatic nitrogens is 6. The van der Waals surface area contributed by atoms with Crippen LogP contribution in [0.5, 0.6) is 0 Å². The normalized spacial score (nSPS) is 17.1. The first-order valence-electron chi connectivity index (χ1n) is 20.6. The molecule has 2 fully saturated rings. The smallest absolute Gasteiger partial charge is 0.408 e. The Morgan fingerprint density at radius 2 is 1.37 bits per heavy atom. The summed E-state index contributed by atoms with van der Waals surface area (Å²) in [5.41, 5.74) is 5.74. The molecule has 0 aliphatic carbocycles. The number of amides is 3. The molecule has 0 radical (unpaired) electrons. The summed E-state index contributed by atoms with van der Waals surface area (Å²) in [6.07, 6.45) is 10.5. The minimum atomic E-state index is -1.11. The Labute approximate surface area is 349 Å². The number of likely N-dealkylation sites (N-methyl/N-ethyl adjacent to an activating group) is 1. The van der Waals surface area contributed by atoms with Gasteiger partial charge in [-0.3, -0.25) is 14.5 Å². The van der Waals surface area contributed by atoms with Crippen LogP contribution in [0.2, 0.25) is 0 Å². The van der Waals surface area contributed by atoms with Gasteiger partial charge in [-0.2, -0.15) is 0 Å². The molecule has 14 nitrogen and oxygen atoms in total. The Balaban J connectivity index is 0.919. The average Bonchev–Trinajstić information content (AvgIpc) is 4.11. The third kappa shape index (κ3) is 8.55. The van der Waals surface area contributed by atoms with E-state index in [-0.39, 0.29) is 23.9 Å². The lowest BCUT2D eigenvalue weighted by molar-refractivity contribution is -0.141. The SMILES string of the molecule is CNC(=O)O[C@@H](C(=O)N(C)[C@@H](C)c1ncc(-c2ccc(-c3ncc(-c4cnc([C@@H]5CCCN5C(=O)[C@@H](c5ccccc5)N5CCCCC5)[nH]4)cn3)cc2)[nH]1)c1ccccc1. The molecule has 2 saturated heterocycles. The van der Waals surface area contributed by atoms with E-state index in [1.807, 2.05) is 60.4 Å². The van der Waals surface area contributed by atoms with Crippen molar-refractivity contribution < 1.29 is 19.1 Å². The van der Waals surface area contributed by atoms with Crippen LogP contribution in [0.4, 0.5) is 4.79 Å². The lowest BCUT2D eigenvalue weighted by Gasteiger charge is -2.37. The van der Waals surface area contributed by atoms with Crippen molar-refractivity contribution in [2.45, 2.75) is 63.3 Å². The summed E-state index contributed by atoms with van der Waals surface area (Å²) in [6, 6.07) is 26.1. The minimum absolute atomic E-state index is 0.125. The number of H-pyrrole nitrogens is 2. The highest BCUT2D eigenvalue weighted by Crippen LogP contribution is 2.36. The van der Waals surface area contributed by atoms with Gasteiger partial charge in [0.15, 0.2) is 5.82 Å².